The van der Waals surface area contributed by atoms with Gasteiger partial charge in [-0.3, -0.25) is 0 Å². The third kappa shape index (κ3) is 1.65. The van der Waals surface area contributed by atoms with Crippen LogP contribution >= 0.6 is 0 Å². The fraction of sp³-hybridized carbons (Fsp3) is 0.333. The number of rotatable bonds is 0. The lowest BCUT2D eigenvalue weighted by atomic mass is 10.9. The zero-order valence-corrected chi connectivity index (χ0v) is 6.61. The molecule has 8 heavy (non-hydrogen) atoms. The Hall–Kier alpha value is -0.330. The van der Waals surface area contributed by atoms with Crippen molar-refractivity contribution in [2.45, 2.75) is 0 Å². The number of aryl methyl sites for hydroxylation is 1. The highest BCUT2D eigenvalue weighted by Crippen LogP contribution is 1.62. The Balaban J connectivity index is 0.000000490. The molecule has 0 aromatic carbocycles. The molecular weight excluding hydrogens is 219 g/mol. The highest BCUT2D eigenvalue weighted by Gasteiger charge is 1.90. The smallest absolute Gasteiger partial charge is 0.184 e. The highest BCUT2D eigenvalue weighted by molar-refractivity contribution is 4.52. The van der Waals surface area contributed by atoms with Crippen molar-refractivity contribution >= 4 is 0 Å². The van der Waals surface area contributed by atoms with Crippen LogP contribution in [0, 0.1) is 0 Å². The van der Waals surface area contributed by atoms with E-state index in [0.29, 0.717) is 0 Å². The number of nitrogen functional groups attached to an aromatic ring is 1. The van der Waals surface area contributed by atoms with Crippen LogP contribution in [0.3, 0.4) is 0 Å². The summed E-state index contributed by atoms with van der Waals surface area (Å²) >= 11 is 0. The van der Waals surface area contributed by atoms with Crippen molar-refractivity contribution in [3.63, 3.8) is 0 Å². The maximum atomic E-state index is 5.16. The normalized spacial score (nSPS) is 8.12. The van der Waals surface area contributed by atoms with Gasteiger partial charge in [-0.15, -0.1) is 4.68 Å². The molecule has 4 nitrogen and oxygen atoms in total. The summed E-state index contributed by atoms with van der Waals surface area (Å²) in [5.74, 6) is 5.16. The summed E-state index contributed by atoms with van der Waals surface area (Å²) in [6, 6.07) is 0. The molecule has 0 fully saturated rings. The first-order valence-electron chi connectivity index (χ1n) is 1.96. The quantitative estimate of drug-likeness (QED) is 0.275. The Morgan fingerprint density at radius 3 is 2.50 bits per heavy atom. The van der Waals surface area contributed by atoms with Crippen LogP contribution in [0.5, 0.6) is 0 Å². The number of hydrogen-bond acceptors (Lipinski definition) is 2. The summed E-state index contributed by atoms with van der Waals surface area (Å²) in [6.45, 7) is 0. The lowest BCUT2D eigenvalue weighted by Gasteiger charge is -1.70. The fourth-order valence-electron chi connectivity index (χ4n) is 0.387. The van der Waals surface area contributed by atoms with Gasteiger partial charge in [0.1, 0.15) is 12.3 Å². The molecule has 1 heterocycles. The van der Waals surface area contributed by atoms with E-state index in [1.54, 1.807) is 17.1 Å². The van der Waals surface area contributed by atoms with Gasteiger partial charge in [0.05, 0.1) is 0 Å². The van der Waals surface area contributed by atoms with E-state index in [1.165, 1.54) is 4.79 Å². The summed E-state index contributed by atoms with van der Waals surface area (Å²) in [6.07, 6.45) is 3.43. The van der Waals surface area contributed by atoms with Gasteiger partial charge in [0, 0.05) is 0 Å². The van der Waals surface area contributed by atoms with Gasteiger partial charge in [0.15, 0.2) is 12.4 Å². The fourth-order valence-corrected chi connectivity index (χ4v) is 0.387. The third-order valence-electron chi connectivity index (χ3n) is 0.679. The molecule has 0 atom stereocenters. The molecule has 0 radical (unpaired) electrons. The molecule has 0 saturated heterocycles. The number of hydrogen-bond donors (Lipinski definition) is 1. The SMILES string of the molecule is Cn1cc[n+](N)n1.[I-]. The molecule has 0 unspecified atom stereocenters. The number of halogens is 1. The van der Waals surface area contributed by atoms with Gasteiger partial charge >= 0.3 is 0 Å². The molecule has 46 valence electrons. The van der Waals surface area contributed by atoms with Crippen LogP contribution < -0.4 is 34.6 Å². The Kier molecular flexibility index (Phi) is 2.74. The zero-order valence-electron chi connectivity index (χ0n) is 4.45. The van der Waals surface area contributed by atoms with Gasteiger partial charge < -0.3 is 24.0 Å². The van der Waals surface area contributed by atoms with Crippen molar-refractivity contribution in [2.75, 3.05) is 5.84 Å². The minimum atomic E-state index is 0. The van der Waals surface area contributed by atoms with Crippen LogP contribution in [0.2, 0.25) is 0 Å². The van der Waals surface area contributed by atoms with E-state index in [9.17, 15) is 0 Å². The summed E-state index contributed by atoms with van der Waals surface area (Å²) < 4.78 is 1.62. The van der Waals surface area contributed by atoms with Gasteiger partial charge in [-0.1, -0.05) is 0 Å². The van der Waals surface area contributed by atoms with Crippen molar-refractivity contribution in [3.05, 3.63) is 12.4 Å². The van der Waals surface area contributed by atoms with Crippen LogP contribution in [0.1, 0.15) is 0 Å². The largest absolute Gasteiger partial charge is 1.00 e. The minimum absolute atomic E-state index is 0. The van der Waals surface area contributed by atoms with E-state index >= 15 is 0 Å². The van der Waals surface area contributed by atoms with E-state index in [1.807, 2.05) is 7.05 Å². The van der Waals surface area contributed by atoms with E-state index in [4.69, 9.17) is 5.84 Å². The van der Waals surface area contributed by atoms with E-state index < -0.39 is 0 Å². The van der Waals surface area contributed by atoms with Crippen molar-refractivity contribution in [2.24, 2.45) is 7.05 Å². The van der Waals surface area contributed by atoms with E-state index in [-0.39, 0.29) is 24.0 Å². The van der Waals surface area contributed by atoms with Crippen molar-refractivity contribution in [3.8, 4) is 0 Å². The number of nitrogens with zero attached hydrogens (tertiary/aromatic N) is 3. The Labute approximate surface area is 64.3 Å². The second kappa shape index (κ2) is 2.85. The lowest BCUT2D eigenvalue weighted by molar-refractivity contribution is -0.701. The van der Waals surface area contributed by atoms with E-state index in [2.05, 4.69) is 5.21 Å². The second-order valence-corrected chi connectivity index (χ2v) is 1.34. The molecule has 5 heteroatoms. The molecule has 0 amide bonds. The molecular formula is C3H7IN4. The van der Waals surface area contributed by atoms with Crippen LogP contribution in [0.4, 0.5) is 0 Å². The number of nitrogens with two attached hydrogens (primary N) is 1. The van der Waals surface area contributed by atoms with E-state index in [0.717, 1.165) is 0 Å². The summed E-state index contributed by atoms with van der Waals surface area (Å²) in [4.78, 5) is 1.25. The average molecular weight is 226 g/mol. The van der Waals surface area contributed by atoms with Crippen LogP contribution in [0.25, 0.3) is 0 Å². The summed E-state index contributed by atoms with van der Waals surface area (Å²) in [7, 11) is 1.81. The molecule has 0 aliphatic rings. The summed E-state index contributed by atoms with van der Waals surface area (Å²) in [5.41, 5.74) is 0. The topological polar surface area (TPSA) is 47.7 Å². The Bertz CT molecular complexity index is 144. The van der Waals surface area contributed by atoms with Gasteiger partial charge in [0.25, 0.3) is 0 Å². The zero-order chi connectivity index (χ0) is 5.28. The molecule has 1 aromatic rings. The van der Waals surface area contributed by atoms with Crippen LogP contribution in [-0.4, -0.2) is 9.90 Å². The first kappa shape index (κ1) is 7.67. The lowest BCUT2D eigenvalue weighted by Crippen LogP contribution is -3.00. The molecule has 1 rings (SSSR count). The first-order chi connectivity index (χ1) is 3.29. The molecule has 0 spiro atoms. The minimum Gasteiger partial charge on any atom is -1.00 e. The molecule has 0 bridgehead atoms. The monoisotopic (exact) mass is 226 g/mol. The predicted molar refractivity (Wildman–Crippen MR) is 23.6 cm³/mol. The van der Waals surface area contributed by atoms with Crippen molar-refractivity contribution in [1.82, 2.24) is 9.90 Å². The van der Waals surface area contributed by atoms with Gasteiger partial charge in [-0.2, -0.15) is 0 Å². The Morgan fingerprint density at radius 2 is 2.38 bits per heavy atom. The van der Waals surface area contributed by atoms with Crippen LogP contribution in [-0.2, 0) is 7.05 Å². The number of aromatic nitrogens is 3. The van der Waals surface area contributed by atoms with Crippen molar-refractivity contribution in [1.29, 1.82) is 0 Å². The predicted octanol–water partition coefficient (Wildman–Crippen LogP) is -4.57. The first-order valence-corrected chi connectivity index (χ1v) is 1.96. The molecule has 2 N–H and O–H groups in total. The maximum absolute atomic E-state index is 5.16. The highest BCUT2D eigenvalue weighted by atomic mass is 127. The standard InChI is InChI=1S/C3H7N4.HI/c1-6-2-3-7(4)5-6;/h2-3H,1H3,(H2,4,5);1H/q+1;/p-1. The molecule has 1 aromatic heterocycles. The second-order valence-electron chi connectivity index (χ2n) is 1.34. The molecule has 0 aliphatic carbocycles. The molecule has 0 saturated carbocycles. The van der Waals surface area contributed by atoms with Crippen molar-refractivity contribution < 1.29 is 28.8 Å². The summed E-state index contributed by atoms with van der Waals surface area (Å²) in [5, 5.41) is 3.72. The Morgan fingerprint density at radius 1 is 1.75 bits per heavy atom. The van der Waals surface area contributed by atoms with Gasteiger partial charge in [-0.05, 0) is 4.79 Å². The average Bonchev–Trinajstić information content (AvgIpc) is 1.87. The van der Waals surface area contributed by atoms with Gasteiger partial charge in [0.2, 0.25) is 0 Å². The molecule has 0 aliphatic heterocycles. The maximum Gasteiger partial charge on any atom is 0.184 e. The van der Waals surface area contributed by atoms with Gasteiger partial charge in [-0.25, -0.2) is 5.84 Å². The van der Waals surface area contributed by atoms with Crippen LogP contribution in [0.15, 0.2) is 12.4 Å². The third-order valence-corrected chi connectivity index (χ3v) is 0.679.